The number of nitrogens with two attached hydrogens (primary N) is 1. The van der Waals surface area contributed by atoms with Crippen LogP contribution in [0, 0.1) is 0 Å². The molecule has 0 saturated carbocycles. The molecule has 0 aliphatic rings. The van der Waals surface area contributed by atoms with Gasteiger partial charge in [-0.15, -0.1) is 11.3 Å². The van der Waals surface area contributed by atoms with Crippen LogP contribution in [0.1, 0.15) is 22.2 Å². The van der Waals surface area contributed by atoms with Gasteiger partial charge in [-0.3, -0.25) is 9.89 Å². The van der Waals surface area contributed by atoms with E-state index in [4.69, 9.17) is 5.73 Å². The number of hydrogen-bond acceptors (Lipinski definition) is 4. The quantitative estimate of drug-likeness (QED) is 0.767. The van der Waals surface area contributed by atoms with Crippen LogP contribution in [-0.4, -0.2) is 22.1 Å². The van der Waals surface area contributed by atoms with E-state index >= 15 is 0 Å². The summed E-state index contributed by atoms with van der Waals surface area (Å²) in [6.45, 7) is 1.97. The van der Waals surface area contributed by atoms with E-state index in [9.17, 15) is 4.79 Å². The number of aromatic amines is 1. The minimum Gasteiger partial charge on any atom is -0.383 e. The summed E-state index contributed by atoms with van der Waals surface area (Å²) >= 11 is 1.68. The molecule has 5 nitrogen and oxygen atoms in total. The van der Waals surface area contributed by atoms with E-state index in [1.807, 2.05) is 18.4 Å². The van der Waals surface area contributed by atoms with Crippen molar-refractivity contribution in [1.29, 1.82) is 0 Å². The molecule has 2 rings (SSSR count). The van der Waals surface area contributed by atoms with Gasteiger partial charge >= 0.3 is 0 Å². The van der Waals surface area contributed by atoms with E-state index in [-0.39, 0.29) is 11.9 Å². The van der Waals surface area contributed by atoms with Crippen LogP contribution < -0.4 is 11.1 Å². The molecule has 1 unspecified atom stereocenters. The number of carbonyl (C=O) groups is 1. The highest BCUT2D eigenvalue weighted by Crippen LogP contribution is 2.12. The second kappa shape index (κ2) is 5.01. The Morgan fingerprint density at radius 3 is 3.12 bits per heavy atom. The van der Waals surface area contributed by atoms with Gasteiger partial charge < -0.3 is 11.1 Å². The van der Waals surface area contributed by atoms with Gasteiger partial charge in [0.05, 0.1) is 6.20 Å². The molecule has 0 saturated heterocycles. The third kappa shape index (κ3) is 2.85. The van der Waals surface area contributed by atoms with Crippen LogP contribution in [0.25, 0.3) is 0 Å². The molecular formula is C11H14N4OS. The van der Waals surface area contributed by atoms with E-state index < -0.39 is 0 Å². The molecule has 4 N–H and O–H groups in total. The molecule has 2 aromatic rings. The van der Waals surface area contributed by atoms with Crippen LogP contribution in [-0.2, 0) is 6.42 Å². The van der Waals surface area contributed by atoms with Crippen LogP contribution in [0.2, 0.25) is 0 Å². The van der Waals surface area contributed by atoms with Crippen molar-refractivity contribution < 1.29 is 4.79 Å². The minimum atomic E-state index is -0.194. The van der Waals surface area contributed by atoms with E-state index in [0.717, 1.165) is 6.42 Å². The number of anilines is 1. The average molecular weight is 250 g/mol. The van der Waals surface area contributed by atoms with Gasteiger partial charge in [0.25, 0.3) is 5.91 Å². The maximum Gasteiger partial charge on any atom is 0.256 e. The Balaban J connectivity index is 1.93. The third-order valence-corrected chi connectivity index (χ3v) is 3.28. The molecule has 90 valence electrons. The predicted molar refractivity (Wildman–Crippen MR) is 68.0 cm³/mol. The van der Waals surface area contributed by atoms with Crippen molar-refractivity contribution in [3.8, 4) is 0 Å². The van der Waals surface area contributed by atoms with Gasteiger partial charge in [-0.1, -0.05) is 6.07 Å². The normalized spacial score (nSPS) is 12.3. The zero-order valence-electron chi connectivity index (χ0n) is 9.43. The lowest BCUT2D eigenvalue weighted by Gasteiger charge is -2.12. The maximum absolute atomic E-state index is 11.8. The predicted octanol–water partition coefficient (Wildman–Crippen LogP) is 1.41. The molecule has 1 amide bonds. The number of aromatic nitrogens is 2. The standard InChI is InChI=1S/C11H14N4OS/c1-7(5-8-3-2-4-17-8)14-11(16)9-6-13-15-10(9)12/h2-4,6-7H,5H2,1H3,(H,14,16)(H3,12,13,15). The SMILES string of the molecule is CC(Cc1cccs1)NC(=O)c1cn[nH]c1N. The smallest absolute Gasteiger partial charge is 0.256 e. The second-order valence-electron chi connectivity index (χ2n) is 3.86. The fourth-order valence-corrected chi connectivity index (χ4v) is 2.40. The summed E-state index contributed by atoms with van der Waals surface area (Å²) in [5, 5.41) is 11.2. The molecule has 0 fully saturated rings. The summed E-state index contributed by atoms with van der Waals surface area (Å²) in [4.78, 5) is 13.1. The molecule has 0 radical (unpaired) electrons. The number of nitrogens with zero attached hydrogens (tertiary/aromatic N) is 1. The topological polar surface area (TPSA) is 83.8 Å². The van der Waals surface area contributed by atoms with Crippen LogP contribution in [0.4, 0.5) is 5.82 Å². The Bertz CT molecular complexity index is 491. The Morgan fingerprint density at radius 2 is 2.53 bits per heavy atom. The van der Waals surface area contributed by atoms with E-state index in [1.54, 1.807) is 11.3 Å². The van der Waals surface area contributed by atoms with Crippen molar-refractivity contribution in [3.63, 3.8) is 0 Å². The number of H-pyrrole nitrogens is 1. The van der Waals surface area contributed by atoms with Crippen LogP contribution in [0.5, 0.6) is 0 Å². The van der Waals surface area contributed by atoms with Gasteiger partial charge in [-0.2, -0.15) is 5.10 Å². The van der Waals surface area contributed by atoms with Crippen LogP contribution in [0.15, 0.2) is 23.7 Å². The molecule has 6 heteroatoms. The van der Waals surface area contributed by atoms with Gasteiger partial charge in [0.1, 0.15) is 11.4 Å². The summed E-state index contributed by atoms with van der Waals surface area (Å²) in [5.41, 5.74) is 5.97. The monoisotopic (exact) mass is 250 g/mol. The summed E-state index contributed by atoms with van der Waals surface area (Å²) in [6, 6.07) is 4.12. The van der Waals surface area contributed by atoms with E-state index in [1.165, 1.54) is 11.1 Å². The van der Waals surface area contributed by atoms with Crippen molar-refractivity contribution in [1.82, 2.24) is 15.5 Å². The largest absolute Gasteiger partial charge is 0.383 e. The summed E-state index contributed by atoms with van der Waals surface area (Å²) < 4.78 is 0. The number of nitrogens with one attached hydrogen (secondary N) is 2. The fourth-order valence-electron chi connectivity index (χ4n) is 1.56. The Labute approximate surface area is 103 Å². The molecular weight excluding hydrogens is 236 g/mol. The lowest BCUT2D eigenvalue weighted by Crippen LogP contribution is -2.34. The van der Waals surface area contributed by atoms with Crippen molar-refractivity contribution in [3.05, 3.63) is 34.2 Å². The molecule has 0 aliphatic heterocycles. The first-order chi connectivity index (χ1) is 8.16. The second-order valence-corrected chi connectivity index (χ2v) is 4.89. The Kier molecular flexibility index (Phi) is 3.43. The van der Waals surface area contributed by atoms with Gasteiger partial charge in [-0.25, -0.2) is 0 Å². The number of carbonyl (C=O) groups excluding carboxylic acids is 1. The van der Waals surface area contributed by atoms with Crippen LogP contribution in [0.3, 0.4) is 0 Å². The fraction of sp³-hybridized carbons (Fsp3) is 0.273. The Hall–Kier alpha value is -1.82. The average Bonchev–Trinajstić information content (AvgIpc) is 2.88. The number of rotatable bonds is 4. The third-order valence-electron chi connectivity index (χ3n) is 2.38. The van der Waals surface area contributed by atoms with Crippen LogP contribution >= 0.6 is 11.3 Å². The van der Waals surface area contributed by atoms with Gasteiger partial charge in [0.2, 0.25) is 0 Å². The van der Waals surface area contributed by atoms with Gasteiger partial charge in [0.15, 0.2) is 0 Å². The van der Waals surface area contributed by atoms with Gasteiger partial charge in [-0.05, 0) is 18.4 Å². The Morgan fingerprint density at radius 1 is 1.71 bits per heavy atom. The summed E-state index contributed by atoms with van der Waals surface area (Å²) in [7, 11) is 0. The van der Waals surface area contributed by atoms with Crippen molar-refractivity contribution in [2.45, 2.75) is 19.4 Å². The number of hydrogen-bond donors (Lipinski definition) is 3. The number of nitrogen functional groups attached to an aromatic ring is 1. The highest BCUT2D eigenvalue weighted by atomic mass is 32.1. The molecule has 0 aromatic carbocycles. The van der Waals surface area contributed by atoms with Crippen molar-refractivity contribution in [2.75, 3.05) is 5.73 Å². The highest BCUT2D eigenvalue weighted by Gasteiger charge is 2.14. The molecule has 2 aromatic heterocycles. The van der Waals surface area contributed by atoms with Crippen molar-refractivity contribution >= 4 is 23.1 Å². The lowest BCUT2D eigenvalue weighted by atomic mass is 10.2. The minimum absolute atomic E-state index is 0.0652. The zero-order chi connectivity index (χ0) is 12.3. The first-order valence-electron chi connectivity index (χ1n) is 5.29. The first-order valence-corrected chi connectivity index (χ1v) is 6.17. The van der Waals surface area contributed by atoms with E-state index in [0.29, 0.717) is 11.4 Å². The molecule has 0 bridgehead atoms. The van der Waals surface area contributed by atoms with E-state index in [2.05, 4.69) is 21.6 Å². The van der Waals surface area contributed by atoms with Gasteiger partial charge in [0, 0.05) is 17.3 Å². The van der Waals surface area contributed by atoms with Crippen molar-refractivity contribution in [2.24, 2.45) is 0 Å². The molecule has 1 atom stereocenters. The maximum atomic E-state index is 11.8. The highest BCUT2D eigenvalue weighted by molar-refractivity contribution is 7.09. The lowest BCUT2D eigenvalue weighted by molar-refractivity contribution is 0.0941. The number of thiophene rings is 1. The molecule has 2 heterocycles. The molecule has 0 spiro atoms. The molecule has 0 aliphatic carbocycles. The summed E-state index contributed by atoms with van der Waals surface area (Å²) in [5.74, 6) is 0.103. The number of amides is 1. The summed E-state index contributed by atoms with van der Waals surface area (Å²) in [6.07, 6.45) is 2.25. The first kappa shape index (κ1) is 11.7. The molecule has 17 heavy (non-hydrogen) atoms. The zero-order valence-corrected chi connectivity index (χ0v) is 10.3.